The molecule has 0 aliphatic carbocycles. The van der Waals surface area contributed by atoms with Crippen molar-refractivity contribution in [2.24, 2.45) is 10.9 Å². The minimum Gasteiger partial charge on any atom is -0.383 e. The average Bonchev–Trinajstić information content (AvgIpc) is 2.39. The summed E-state index contributed by atoms with van der Waals surface area (Å²) in [7, 11) is 5.11. The molecule has 0 saturated heterocycles. The first-order chi connectivity index (χ1) is 9.47. The van der Waals surface area contributed by atoms with E-state index in [0.29, 0.717) is 25.0 Å². The SMILES string of the molecule is COCCNC(=NCC(=O)N(C)C)NCCCC(C)C. The minimum absolute atomic E-state index is 0.0139. The second kappa shape index (κ2) is 11.5. The van der Waals surface area contributed by atoms with Gasteiger partial charge in [-0.15, -0.1) is 0 Å². The summed E-state index contributed by atoms with van der Waals surface area (Å²) in [6.45, 7) is 6.70. The summed E-state index contributed by atoms with van der Waals surface area (Å²) in [5, 5.41) is 6.39. The number of rotatable bonds is 9. The van der Waals surface area contributed by atoms with E-state index in [-0.39, 0.29) is 12.5 Å². The van der Waals surface area contributed by atoms with E-state index in [1.54, 1.807) is 21.2 Å². The summed E-state index contributed by atoms with van der Waals surface area (Å²) in [6.07, 6.45) is 2.26. The largest absolute Gasteiger partial charge is 0.383 e. The summed E-state index contributed by atoms with van der Waals surface area (Å²) < 4.78 is 4.99. The Morgan fingerprint density at radius 2 is 1.90 bits per heavy atom. The highest BCUT2D eigenvalue weighted by molar-refractivity contribution is 5.84. The normalized spacial score (nSPS) is 11.6. The predicted molar refractivity (Wildman–Crippen MR) is 82.9 cm³/mol. The van der Waals surface area contributed by atoms with Crippen LogP contribution in [0.15, 0.2) is 4.99 Å². The van der Waals surface area contributed by atoms with E-state index in [0.717, 1.165) is 13.0 Å². The van der Waals surface area contributed by atoms with Crippen molar-refractivity contribution in [3.63, 3.8) is 0 Å². The first kappa shape index (κ1) is 18.7. The van der Waals surface area contributed by atoms with E-state index < -0.39 is 0 Å². The molecule has 118 valence electrons. The number of hydrogen-bond acceptors (Lipinski definition) is 3. The van der Waals surface area contributed by atoms with Crippen molar-refractivity contribution in [1.82, 2.24) is 15.5 Å². The Balaban J connectivity index is 4.18. The fraction of sp³-hybridized carbons (Fsp3) is 0.857. The number of aliphatic imine (C=N–C) groups is 1. The third-order valence-electron chi connectivity index (χ3n) is 2.72. The number of ether oxygens (including phenoxy) is 1. The fourth-order valence-corrected chi connectivity index (χ4v) is 1.45. The van der Waals surface area contributed by atoms with Crippen molar-refractivity contribution in [3.8, 4) is 0 Å². The van der Waals surface area contributed by atoms with Gasteiger partial charge < -0.3 is 20.3 Å². The zero-order chi connectivity index (χ0) is 15.4. The number of likely N-dealkylation sites (N-methyl/N-ethyl adjacent to an activating group) is 1. The Labute approximate surface area is 123 Å². The van der Waals surface area contributed by atoms with E-state index in [1.165, 1.54) is 11.3 Å². The van der Waals surface area contributed by atoms with Gasteiger partial charge >= 0.3 is 0 Å². The van der Waals surface area contributed by atoms with Gasteiger partial charge in [0.15, 0.2) is 5.96 Å². The third-order valence-corrected chi connectivity index (χ3v) is 2.72. The van der Waals surface area contributed by atoms with Crippen molar-refractivity contribution < 1.29 is 9.53 Å². The van der Waals surface area contributed by atoms with Gasteiger partial charge in [0.25, 0.3) is 0 Å². The van der Waals surface area contributed by atoms with Crippen molar-refractivity contribution >= 4 is 11.9 Å². The second-order valence-electron chi connectivity index (χ2n) is 5.34. The second-order valence-corrected chi connectivity index (χ2v) is 5.34. The van der Waals surface area contributed by atoms with Crippen molar-refractivity contribution in [2.45, 2.75) is 26.7 Å². The maximum atomic E-state index is 11.5. The number of amides is 1. The van der Waals surface area contributed by atoms with Crippen molar-refractivity contribution in [3.05, 3.63) is 0 Å². The molecule has 2 N–H and O–H groups in total. The number of guanidine groups is 1. The van der Waals surface area contributed by atoms with Crippen LogP contribution < -0.4 is 10.6 Å². The number of nitrogens with zero attached hydrogens (tertiary/aromatic N) is 2. The molecule has 0 aromatic rings. The molecule has 6 nitrogen and oxygen atoms in total. The number of carbonyl (C=O) groups excluding carboxylic acids is 1. The Bertz CT molecular complexity index is 291. The summed E-state index contributed by atoms with van der Waals surface area (Å²) in [4.78, 5) is 17.4. The van der Waals surface area contributed by atoms with Crippen LogP contribution >= 0.6 is 0 Å². The molecule has 0 fully saturated rings. The molecular weight excluding hydrogens is 256 g/mol. The van der Waals surface area contributed by atoms with E-state index in [2.05, 4.69) is 29.5 Å². The monoisotopic (exact) mass is 286 g/mol. The number of nitrogens with one attached hydrogen (secondary N) is 2. The summed E-state index contributed by atoms with van der Waals surface area (Å²) >= 11 is 0. The van der Waals surface area contributed by atoms with E-state index >= 15 is 0 Å². The Kier molecular flexibility index (Phi) is 10.8. The molecule has 0 saturated carbocycles. The van der Waals surface area contributed by atoms with Gasteiger partial charge in [-0.05, 0) is 18.8 Å². The van der Waals surface area contributed by atoms with Crippen LogP contribution in [0.4, 0.5) is 0 Å². The molecular formula is C14H30N4O2. The van der Waals surface area contributed by atoms with Crippen LogP contribution in [0.25, 0.3) is 0 Å². The number of hydrogen-bond donors (Lipinski definition) is 2. The lowest BCUT2D eigenvalue weighted by Crippen LogP contribution is -2.40. The highest BCUT2D eigenvalue weighted by Crippen LogP contribution is 2.01. The predicted octanol–water partition coefficient (Wildman–Crippen LogP) is 0.692. The molecule has 0 bridgehead atoms. The minimum atomic E-state index is -0.0139. The molecule has 0 aromatic carbocycles. The Hall–Kier alpha value is -1.30. The van der Waals surface area contributed by atoms with Crippen LogP contribution in [-0.4, -0.2) is 64.2 Å². The number of carbonyl (C=O) groups is 1. The van der Waals surface area contributed by atoms with Gasteiger partial charge in [0, 0.05) is 34.3 Å². The van der Waals surface area contributed by atoms with Gasteiger partial charge in [-0.1, -0.05) is 13.8 Å². The molecule has 0 spiro atoms. The van der Waals surface area contributed by atoms with Crippen molar-refractivity contribution in [1.29, 1.82) is 0 Å². The maximum Gasteiger partial charge on any atom is 0.243 e. The average molecular weight is 286 g/mol. The van der Waals surface area contributed by atoms with Gasteiger partial charge in [-0.25, -0.2) is 4.99 Å². The Morgan fingerprint density at radius 3 is 2.45 bits per heavy atom. The molecule has 6 heteroatoms. The van der Waals surface area contributed by atoms with E-state index in [9.17, 15) is 4.79 Å². The lowest BCUT2D eigenvalue weighted by Gasteiger charge is -2.14. The molecule has 0 heterocycles. The zero-order valence-corrected chi connectivity index (χ0v) is 13.5. The highest BCUT2D eigenvalue weighted by atomic mass is 16.5. The van der Waals surface area contributed by atoms with Crippen LogP contribution in [0, 0.1) is 5.92 Å². The van der Waals surface area contributed by atoms with E-state index in [4.69, 9.17) is 4.74 Å². The highest BCUT2D eigenvalue weighted by Gasteiger charge is 2.04. The molecule has 20 heavy (non-hydrogen) atoms. The summed E-state index contributed by atoms with van der Waals surface area (Å²) in [5.74, 6) is 1.36. The molecule has 0 aromatic heterocycles. The fourth-order valence-electron chi connectivity index (χ4n) is 1.45. The van der Waals surface area contributed by atoms with Gasteiger partial charge in [-0.2, -0.15) is 0 Å². The Morgan fingerprint density at radius 1 is 1.25 bits per heavy atom. The topological polar surface area (TPSA) is 66.0 Å². The quantitative estimate of drug-likeness (QED) is 0.372. The molecule has 0 aliphatic rings. The molecule has 1 amide bonds. The smallest absolute Gasteiger partial charge is 0.243 e. The van der Waals surface area contributed by atoms with Crippen LogP contribution in [0.1, 0.15) is 26.7 Å². The third kappa shape index (κ3) is 10.6. The van der Waals surface area contributed by atoms with Gasteiger partial charge in [0.05, 0.1) is 6.61 Å². The first-order valence-corrected chi connectivity index (χ1v) is 7.18. The van der Waals surface area contributed by atoms with Crippen LogP contribution in [0.3, 0.4) is 0 Å². The standard InChI is InChI=1S/C14H30N4O2/c1-12(2)7-6-8-15-14(16-9-10-20-5)17-11-13(19)18(3)4/h12H,6-11H2,1-5H3,(H2,15,16,17). The van der Waals surface area contributed by atoms with Crippen LogP contribution in [0.5, 0.6) is 0 Å². The first-order valence-electron chi connectivity index (χ1n) is 7.18. The van der Waals surface area contributed by atoms with Crippen LogP contribution in [-0.2, 0) is 9.53 Å². The lowest BCUT2D eigenvalue weighted by atomic mass is 10.1. The zero-order valence-electron chi connectivity index (χ0n) is 13.5. The lowest BCUT2D eigenvalue weighted by molar-refractivity contribution is -0.127. The van der Waals surface area contributed by atoms with Gasteiger partial charge in [0.2, 0.25) is 5.91 Å². The molecule has 0 atom stereocenters. The molecule has 0 unspecified atom stereocenters. The molecule has 0 aliphatic heterocycles. The van der Waals surface area contributed by atoms with Gasteiger partial charge in [-0.3, -0.25) is 4.79 Å². The van der Waals surface area contributed by atoms with Gasteiger partial charge in [0.1, 0.15) is 6.54 Å². The number of methoxy groups -OCH3 is 1. The van der Waals surface area contributed by atoms with Crippen LogP contribution in [0.2, 0.25) is 0 Å². The molecule has 0 rings (SSSR count). The maximum absolute atomic E-state index is 11.5. The van der Waals surface area contributed by atoms with Crippen molar-refractivity contribution in [2.75, 3.05) is 47.4 Å². The summed E-state index contributed by atoms with van der Waals surface area (Å²) in [5.41, 5.74) is 0. The van der Waals surface area contributed by atoms with E-state index in [1.807, 2.05) is 0 Å². The molecule has 0 radical (unpaired) electrons. The summed E-state index contributed by atoms with van der Waals surface area (Å²) in [6, 6.07) is 0.